The molecule has 0 aliphatic rings. The van der Waals surface area contributed by atoms with E-state index in [0.29, 0.717) is 0 Å². The Morgan fingerprint density at radius 3 is 1.88 bits per heavy atom. The Labute approximate surface area is 63.2 Å². The molecular formula is C4H10Cl2OSi. The lowest BCUT2D eigenvalue weighted by Crippen LogP contribution is -1.76. The lowest BCUT2D eigenvalue weighted by molar-refractivity contribution is 0.375. The van der Waals surface area contributed by atoms with E-state index in [1.807, 2.05) is 6.92 Å². The number of halogens is 2. The average Bonchev–Trinajstić information content (AvgIpc) is 1.65. The van der Waals surface area contributed by atoms with Gasteiger partial charge >= 0.3 is 0 Å². The first kappa shape index (κ1) is 11.3. The maximum absolute atomic E-state index is 4.85. The summed E-state index contributed by atoms with van der Waals surface area (Å²) >= 11 is 9.69. The minimum absolute atomic E-state index is 0.111. The molecular weight excluding hydrogens is 163 g/mol. The van der Waals surface area contributed by atoms with E-state index in [-0.39, 0.29) is 4.49 Å². The van der Waals surface area contributed by atoms with Crippen molar-refractivity contribution >= 4 is 33.7 Å². The van der Waals surface area contributed by atoms with Crippen LogP contribution in [0.4, 0.5) is 0 Å². The summed E-state index contributed by atoms with van der Waals surface area (Å²) in [5.74, 6) is 0. The van der Waals surface area contributed by atoms with E-state index in [9.17, 15) is 0 Å². The van der Waals surface area contributed by atoms with Crippen LogP contribution in [0.1, 0.15) is 6.92 Å². The highest BCUT2D eigenvalue weighted by molar-refractivity contribution is 6.55. The van der Waals surface area contributed by atoms with Gasteiger partial charge in [-0.15, -0.1) is 0 Å². The van der Waals surface area contributed by atoms with Gasteiger partial charge in [0.05, 0.1) is 4.49 Å². The Bertz CT molecular complexity index is 52.0. The lowest BCUT2D eigenvalue weighted by atomic mass is 10.9. The van der Waals surface area contributed by atoms with Crippen molar-refractivity contribution in [1.29, 1.82) is 0 Å². The van der Waals surface area contributed by atoms with E-state index in [0.717, 1.165) is 17.1 Å². The minimum Gasteiger partial charge on any atom is -0.428 e. The van der Waals surface area contributed by atoms with E-state index in [2.05, 4.69) is 11.0 Å². The van der Waals surface area contributed by atoms with Crippen molar-refractivity contribution in [2.45, 2.75) is 6.92 Å². The fraction of sp³-hybridized carbons (Fsp3) is 0.500. The van der Waals surface area contributed by atoms with Crippen LogP contribution in [0.25, 0.3) is 0 Å². The van der Waals surface area contributed by atoms with E-state index in [1.165, 1.54) is 0 Å². The van der Waals surface area contributed by atoms with Crippen LogP contribution in [0.2, 0.25) is 0 Å². The fourth-order valence-corrected chi connectivity index (χ4v) is 0. The van der Waals surface area contributed by atoms with Gasteiger partial charge in [0.25, 0.3) is 0 Å². The van der Waals surface area contributed by atoms with Crippen LogP contribution < -0.4 is 0 Å². The molecule has 0 saturated heterocycles. The second-order valence-corrected chi connectivity index (χ2v) is 2.60. The highest BCUT2D eigenvalue weighted by Crippen LogP contribution is 1.98. The standard InChI is InChI=1S/C2H2Cl2.C2H8OSi/c1-2(3)4;1-2-3-4/h1H2;2H2,1,4H3. The zero-order valence-corrected chi connectivity index (χ0v) is 8.59. The molecule has 1 nitrogen and oxygen atoms in total. The molecule has 4 heteroatoms. The van der Waals surface area contributed by atoms with Crippen molar-refractivity contribution in [3.63, 3.8) is 0 Å². The highest BCUT2D eigenvalue weighted by atomic mass is 35.5. The molecule has 0 aromatic rings. The molecule has 0 N–H and O–H groups in total. The van der Waals surface area contributed by atoms with Crippen LogP contribution >= 0.6 is 23.2 Å². The lowest BCUT2D eigenvalue weighted by Gasteiger charge is -1.77. The Morgan fingerprint density at radius 2 is 1.88 bits per heavy atom. The Hall–Kier alpha value is 0.497. The molecule has 0 radical (unpaired) electrons. The summed E-state index contributed by atoms with van der Waals surface area (Å²) in [4.78, 5) is 0. The summed E-state index contributed by atoms with van der Waals surface area (Å²) in [6.07, 6.45) is 0. The summed E-state index contributed by atoms with van der Waals surface area (Å²) in [6, 6.07) is 0. The minimum atomic E-state index is 0.111. The molecule has 0 aliphatic heterocycles. The molecule has 0 aromatic heterocycles. The van der Waals surface area contributed by atoms with Crippen LogP contribution in [0.3, 0.4) is 0 Å². The van der Waals surface area contributed by atoms with E-state index < -0.39 is 0 Å². The van der Waals surface area contributed by atoms with Gasteiger partial charge in [0.2, 0.25) is 0 Å². The first-order valence-electron chi connectivity index (χ1n) is 2.14. The molecule has 0 saturated carbocycles. The van der Waals surface area contributed by atoms with Crippen LogP contribution in [-0.2, 0) is 4.43 Å². The average molecular weight is 173 g/mol. The van der Waals surface area contributed by atoms with Gasteiger partial charge in [-0.1, -0.05) is 29.8 Å². The number of rotatable bonds is 1. The molecule has 0 fully saturated rings. The molecule has 8 heavy (non-hydrogen) atoms. The summed E-state index contributed by atoms with van der Waals surface area (Å²) in [5.41, 5.74) is 0. The third kappa shape index (κ3) is 87.6. The predicted molar refractivity (Wildman–Crippen MR) is 42.4 cm³/mol. The van der Waals surface area contributed by atoms with Crippen molar-refractivity contribution < 1.29 is 4.43 Å². The van der Waals surface area contributed by atoms with E-state index in [4.69, 9.17) is 23.2 Å². The molecule has 0 aliphatic carbocycles. The van der Waals surface area contributed by atoms with Crippen LogP contribution in [0.5, 0.6) is 0 Å². The van der Waals surface area contributed by atoms with Gasteiger partial charge in [0, 0.05) is 6.61 Å². The fourth-order valence-electron chi connectivity index (χ4n) is 0. The van der Waals surface area contributed by atoms with Crippen molar-refractivity contribution in [2.24, 2.45) is 0 Å². The van der Waals surface area contributed by atoms with Crippen LogP contribution in [-0.4, -0.2) is 17.1 Å². The SMILES string of the molecule is C=C(Cl)Cl.CCO[SiH3]. The smallest absolute Gasteiger partial charge is 0.145 e. The van der Waals surface area contributed by atoms with Gasteiger partial charge in [0.1, 0.15) is 10.5 Å². The summed E-state index contributed by atoms with van der Waals surface area (Å²) in [7, 11) is 0.890. The van der Waals surface area contributed by atoms with Gasteiger partial charge in [0.15, 0.2) is 0 Å². The Morgan fingerprint density at radius 1 is 1.75 bits per heavy atom. The second kappa shape index (κ2) is 10.5. The number of hydrogen-bond donors (Lipinski definition) is 0. The molecule has 0 unspecified atom stereocenters. The van der Waals surface area contributed by atoms with Gasteiger partial charge in [-0.05, 0) is 6.92 Å². The normalized spacial score (nSPS) is 7.38. The van der Waals surface area contributed by atoms with Crippen molar-refractivity contribution in [3.05, 3.63) is 11.1 Å². The Kier molecular flexibility index (Phi) is 14.8. The third-order valence-corrected chi connectivity index (χ3v) is 0.866. The van der Waals surface area contributed by atoms with Gasteiger partial charge in [-0.25, -0.2) is 0 Å². The first-order valence-corrected chi connectivity index (χ1v) is 3.71. The third-order valence-electron chi connectivity index (χ3n) is 0.289. The molecule has 0 rings (SSSR count). The quantitative estimate of drug-likeness (QED) is 0.542. The molecule has 0 spiro atoms. The molecule has 0 amide bonds. The van der Waals surface area contributed by atoms with Gasteiger partial charge in [-0.2, -0.15) is 0 Å². The summed E-state index contributed by atoms with van der Waals surface area (Å²) in [6.45, 7) is 5.96. The molecule has 0 bridgehead atoms. The van der Waals surface area contributed by atoms with Gasteiger partial charge in [-0.3, -0.25) is 0 Å². The largest absolute Gasteiger partial charge is 0.428 e. The number of hydrogen-bond acceptors (Lipinski definition) is 1. The summed E-state index contributed by atoms with van der Waals surface area (Å²) < 4.78 is 4.79. The van der Waals surface area contributed by atoms with Gasteiger partial charge < -0.3 is 4.43 Å². The van der Waals surface area contributed by atoms with E-state index in [1.54, 1.807) is 0 Å². The predicted octanol–water partition coefficient (Wildman–Crippen LogP) is 1.24. The molecule has 0 heterocycles. The molecule has 50 valence electrons. The Balaban J connectivity index is 0. The van der Waals surface area contributed by atoms with Crippen molar-refractivity contribution in [3.8, 4) is 0 Å². The van der Waals surface area contributed by atoms with Crippen molar-refractivity contribution in [2.75, 3.05) is 6.61 Å². The maximum Gasteiger partial charge on any atom is 0.145 e. The summed E-state index contributed by atoms with van der Waals surface area (Å²) in [5, 5.41) is 0. The monoisotopic (exact) mass is 172 g/mol. The maximum atomic E-state index is 4.85. The second-order valence-electron chi connectivity index (χ2n) is 0.916. The highest BCUT2D eigenvalue weighted by Gasteiger charge is 1.60. The first-order chi connectivity index (χ1) is 3.65. The zero-order chi connectivity index (χ0) is 6.99. The van der Waals surface area contributed by atoms with Crippen LogP contribution in [0, 0.1) is 0 Å². The molecule has 0 aromatic carbocycles. The zero-order valence-electron chi connectivity index (χ0n) is 5.08. The van der Waals surface area contributed by atoms with E-state index >= 15 is 0 Å². The molecule has 0 atom stereocenters. The topological polar surface area (TPSA) is 9.23 Å². The van der Waals surface area contributed by atoms with Crippen molar-refractivity contribution in [1.82, 2.24) is 0 Å². The van der Waals surface area contributed by atoms with Crippen LogP contribution in [0.15, 0.2) is 11.1 Å².